The number of alkyl halides is 1. The van der Waals surface area contributed by atoms with E-state index in [-0.39, 0.29) is 41.0 Å². The quantitative estimate of drug-likeness (QED) is 0.0733. The Morgan fingerprint density at radius 1 is 1.12 bits per heavy atom. The van der Waals surface area contributed by atoms with Crippen LogP contribution in [0.25, 0.3) is 0 Å². The maximum absolute atomic E-state index is 15.1. The number of hydrogen-bond donors (Lipinski definition) is 2. The van der Waals surface area contributed by atoms with E-state index in [1.807, 2.05) is 49.1 Å². The average Bonchev–Trinajstić information content (AvgIpc) is 3.66. The van der Waals surface area contributed by atoms with Crippen molar-refractivity contribution in [3.05, 3.63) is 61.2 Å². The summed E-state index contributed by atoms with van der Waals surface area (Å²) < 4.78 is 13.1. The first-order valence-electron chi connectivity index (χ1n) is 18.8. The van der Waals surface area contributed by atoms with Crippen molar-refractivity contribution in [1.29, 1.82) is 0 Å². The number of likely N-dealkylation sites (tertiary alicyclic amines) is 1. The fourth-order valence-corrected chi connectivity index (χ4v) is 9.85. The lowest BCUT2D eigenvalue weighted by atomic mass is 9.70. The van der Waals surface area contributed by atoms with E-state index in [1.54, 1.807) is 24.0 Å². The summed E-state index contributed by atoms with van der Waals surface area (Å²) in [6.07, 6.45) is 6.62. The summed E-state index contributed by atoms with van der Waals surface area (Å²) in [6.45, 7) is 20.7. The number of esters is 1. The molecular formula is C41H60BrN3O7. The van der Waals surface area contributed by atoms with Gasteiger partial charge < -0.3 is 29.7 Å². The van der Waals surface area contributed by atoms with Crippen LogP contribution in [-0.2, 0) is 28.7 Å². The van der Waals surface area contributed by atoms with Gasteiger partial charge in [0.2, 0.25) is 17.7 Å². The van der Waals surface area contributed by atoms with E-state index in [0.717, 1.165) is 12.8 Å². The van der Waals surface area contributed by atoms with E-state index in [0.29, 0.717) is 50.8 Å². The normalized spacial score (nSPS) is 26.4. The van der Waals surface area contributed by atoms with E-state index in [4.69, 9.17) is 9.47 Å². The van der Waals surface area contributed by atoms with Gasteiger partial charge in [0.1, 0.15) is 17.7 Å². The second-order valence-electron chi connectivity index (χ2n) is 16.6. The Labute approximate surface area is 318 Å². The second-order valence-corrected chi connectivity index (χ2v) is 17.7. The summed E-state index contributed by atoms with van der Waals surface area (Å²) in [5, 5.41) is 12.3. The van der Waals surface area contributed by atoms with Gasteiger partial charge in [-0.05, 0) is 63.9 Å². The number of rotatable bonds is 19. The van der Waals surface area contributed by atoms with Crippen LogP contribution >= 0.6 is 15.9 Å². The van der Waals surface area contributed by atoms with Crippen LogP contribution < -0.4 is 5.32 Å². The highest BCUT2D eigenvalue weighted by Gasteiger charge is 2.77. The molecule has 4 rings (SSSR count). The monoisotopic (exact) mass is 785 g/mol. The van der Waals surface area contributed by atoms with Crippen molar-refractivity contribution in [3.63, 3.8) is 0 Å². The number of allylic oxidation sites excluding steroid dienone is 1. The molecule has 2 N–H and O–H groups in total. The first-order chi connectivity index (χ1) is 24.5. The summed E-state index contributed by atoms with van der Waals surface area (Å²) in [4.78, 5) is 60.3. The van der Waals surface area contributed by atoms with Crippen molar-refractivity contribution in [3.8, 4) is 0 Å². The highest BCUT2D eigenvalue weighted by Crippen LogP contribution is 2.61. The first-order valence-corrected chi connectivity index (χ1v) is 19.8. The minimum absolute atomic E-state index is 0.0857. The van der Waals surface area contributed by atoms with Crippen LogP contribution in [0.2, 0.25) is 0 Å². The SMILES string of the molecule is C=CCCC(=O)N[C@@H](C)[C@H](OC(=O)[C@@H]1[C@H]2O[C@@]3(CC2Br)[C@H](C(=O)N(CC=C)C(C)(C)CC(C)(C)C)N(CCCCCCO)C(=O)[C@@H]13)c1ccccc1. The van der Waals surface area contributed by atoms with Crippen LogP contribution in [0.1, 0.15) is 105 Å². The van der Waals surface area contributed by atoms with Crippen molar-refractivity contribution in [1.82, 2.24) is 15.1 Å². The number of carbonyl (C=O) groups is 4. The van der Waals surface area contributed by atoms with Gasteiger partial charge in [0.05, 0.1) is 24.0 Å². The number of unbranched alkanes of at least 4 members (excludes halogenated alkanes) is 3. The number of ether oxygens (including phenoxy) is 2. The van der Waals surface area contributed by atoms with E-state index in [9.17, 15) is 19.5 Å². The molecule has 8 atom stereocenters. The number of halogens is 1. The molecule has 11 heteroatoms. The Bertz CT molecular complexity index is 1450. The third-order valence-corrected chi connectivity index (χ3v) is 11.5. The molecule has 0 saturated carbocycles. The van der Waals surface area contributed by atoms with E-state index in [1.165, 1.54) is 0 Å². The number of aliphatic hydroxyl groups is 1. The molecule has 0 aromatic heterocycles. The molecule has 3 amide bonds. The summed E-state index contributed by atoms with van der Waals surface area (Å²) in [6, 6.07) is 7.73. The standard InChI is InChI=1S/C41H60BrN3O7/c1-9-11-21-30(47)43-27(3)33(28-19-15-14-16-20-28)51-38(50)31-32-36(48)44(23-17-12-13-18-24-46)35(41(32)25-29(42)34(31)52-41)37(49)45(22-10-2)40(7,8)26-39(4,5)6/h9-10,14-16,19-20,27,29,31-35,46H,1-2,11-13,17-18,21-26H2,3-8H3,(H,43,47)/t27-,29?,31-,32+,33-,34-,35-,41+/m0/s1. The van der Waals surface area contributed by atoms with E-state index in [2.05, 4.69) is 55.2 Å². The minimum atomic E-state index is -1.24. The zero-order chi connectivity index (χ0) is 38.4. The molecule has 3 aliphatic heterocycles. The van der Waals surface area contributed by atoms with Gasteiger partial charge in [0.15, 0.2) is 0 Å². The Morgan fingerprint density at radius 3 is 2.40 bits per heavy atom. The number of amides is 3. The third-order valence-electron chi connectivity index (χ3n) is 10.7. The topological polar surface area (TPSA) is 125 Å². The fraction of sp³-hybridized carbons (Fsp3) is 0.659. The first kappa shape index (κ1) is 41.7. The van der Waals surface area contributed by atoms with Gasteiger partial charge in [-0.25, -0.2) is 0 Å². The summed E-state index contributed by atoms with van der Waals surface area (Å²) in [5.41, 5.74) is -1.20. The zero-order valence-electron chi connectivity index (χ0n) is 31.9. The number of benzene rings is 1. The largest absolute Gasteiger partial charge is 0.455 e. The lowest BCUT2D eigenvalue weighted by molar-refractivity contribution is -0.162. The third kappa shape index (κ3) is 9.01. The summed E-state index contributed by atoms with van der Waals surface area (Å²) >= 11 is 3.78. The number of aliphatic hydroxyl groups excluding tert-OH is 1. The Morgan fingerprint density at radius 2 is 1.79 bits per heavy atom. The Balaban J connectivity index is 1.72. The molecule has 10 nitrogen and oxygen atoms in total. The minimum Gasteiger partial charge on any atom is -0.455 e. The lowest BCUT2D eigenvalue weighted by Crippen LogP contribution is -2.61. The molecule has 0 aliphatic carbocycles. The molecule has 1 spiro atoms. The van der Waals surface area contributed by atoms with Crippen molar-refractivity contribution < 1.29 is 33.8 Å². The molecular weight excluding hydrogens is 726 g/mol. The predicted octanol–water partition coefficient (Wildman–Crippen LogP) is 6.27. The van der Waals surface area contributed by atoms with E-state index < -0.39 is 53.2 Å². The van der Waals surface area contributed by atoms with Gasteiger partial charge in [0, 0.05) is 36.5 Å². The highest BCUT2D eigenvalue weighted by atomic mass is 79.9. The van der Waals surface area contributed by atoms with Gasteiger partial charge in [-0.2, -0.15) is 0 Å². The molecule has 1 aromatic rings. The van der Waals surface area contributed by atoms with Crippen molar-refractivity contribution in [2.75, 3.05) is 19.7 Å². The highest BCUT2D eigenvalue weighted by molar-refractivity contribution is 9.09. The molecule has 3 aliphatic rings. The fourth-order valence-electron chi connectivity index (χ4n) is 8.91. The van der Waals surface area contributed by atoms with Crippen LogP contribution in [0.15, 0.2) is 55.6 Å². The number of carbonyl (C=O) groups excluding carboxylic acids is 4. The smallest absolute Gasteiger partial charge is 0.313 e. The van der Waals surface area contributed by atoms with Gasteiger partial charge >= 0.3 is 5.97 Å². The second kappa shape index (κ2) is 17.4. The van der Waals surface area contributed by atoms with E-state index >= 15 is 4.79 Å². The Hall–Kier alpha value is -3.02. The van der Waals surface area contributed by atoms with Crippen LogP contribution in [0.4, 0.5) is 0 Å². The molecule has 1 aromatic carbocycles. The van der Waals surface area contributed by atoms with Crippen LogP contribution in [-0.4, -0.2) is 92.4 Å². The average molecular weight is 787 g/mol. The molecule has 3 saturated heterocycles. The number of fused-ring (bicyclic) bond motifs is 1. The number of hydrogen-bond acceptors (Lipinski definition) is 7. The molecule has 288 valence electrons. The molecule has 52 heavy (non-hydrogen) atoms. The van der Waals surface area contributed by atoms with Crippen LogP contribution in [0.5, 0.6) is 0 Å². The molecule has 0 radical (unpaired) electrons. The van der Waals surface area contributed by atoms with Crippen LogP contribution in [0, 0.1) is 17.3 Å². The van der Waals surface area contributed by atoms with Gasteiger partial charge in [-0.3, -0.25) is 19.2 Å². The number of nitrogens with zero attached hydrogens (tertiary/aromatic N) is 2. The maximum atomic E-state index is 15.1. The Kier molecular flexibility index (Phi) is 14.0. The molecule has 3 fully saturated rings. The van der Waals surface area contributed by atoms with Crippen molar-refractivity contribution in [2.24, 2.45) is 17.3 Å². The van der Waals surface area contributed by atoms with Gasteiger partial charge in [-0.1, -0.05) is 92.0 Å². The molecule has 3 heterocycles. The molecule has 1 unspecified atom stereocenters. The predicted molar refractivity (Wildman–Crippen MR) is 205 cm³/mol. The molecule has 2 bridgehead atoms. The van der Waals surface area contributed by atoms with Crippen molar-refractivity contribution in [2.45, 2.75) is 133 Å². The summed E-state index contributed by atoms with van der Waals surface area (Å²) in [7, 11) is 0. The van der Waals surface area contributed by atoms with Crippen molar-refractivity contribution >= 4 is 39.6 Å². The zero-order valence-corrected chi connectivity index (χ0v) is 33.5. The van der Waals surface area contributed by atoms with Crippen LogP contribution in [0.3, 0.4) is 0 Å². The lowest BCUT2D eigenvalue weighted by Gasteiger charge is -2.45. The maximum Gasteiger partial charge on any atom is 0.313 e. The van der Waals surface area contributed by atoms with Gasteiger partial charge in [0.25, 0.3) is 0 Å². The summed E-state index contributed by atoms with van der Waals surface area (Å²) in [5.74, 6) is -3.16. The number of nitrogens with one attached hydrogen (secondary N) is 1. The van der Waals surface area contributed by atoms with Gasteiger partial charge in [-0.15, -0.1) is 13.2 Å².